The number of ether oxygens (including phenoxy) is 1. The van der Waals surface area contributed by atoms with E-state index in [1.54, 1.807) is 11.0 Å². The maximum absolute atomic E-state index is 12.2. The number of anilines is 1. The molecule has 0 unspecified atom stereocenters. The fourth-order valence-electron chi connectivity index (χ4n) is 2.20. The van der Waals surface area contributed by atoms with Crippen molar-refractivity contribution in [3.63, 3.8) is 0 Å². The fourth-order valence-corrected chi connectivity index (χ4v) is 2.20. The summed E-state index contributed by atoms with van der Waals surface area (Å²) in [6, 6.07) is 5.40. The zero-order valence-corrected chi connectivity index (χ0v) is 11.6. The van der Waals surface area contributed by atoms with Gasteiger partial charge in [0.2, 0.25) is 0 Å². The molecule has 1 aliphatic heterocycles. The van der Waals surface area contributed by atoms with E-state index in [4.69, 9.17) is 4.74 Å². The molecular formula is C15H19NO3. The van der Waals surface area contributed by atoms with Crippen LogP contribution in [0.2, 0.25) is 0 Å². The first-order valence-corrected chi connectivity index (χ1v) is 6.49. The van der Waals surface area contributed by atoms with E-state index in [0.717, 1.165) is 30.4 Å². The van der Waals surface area contributed by atoms with Crippen molar-refractivity contribution >= 4 is 18.1 Å². The van der Waals surface area contributed by atoms with Gasteiger partial charge in [-0.05, 0) is 57.4 Å². The number of nitrogens with zero attached hydrogens (tertiary/aromatic N) is 1. The molecule has 0 saturated heterocycles. The van der Waals surface area contributed by atoms with Crippen molar-refractivity contribution in [3.05, 3.63) is 29.3 Å². The Hall–Kier alpha value is -1.84. The molecule has 0 aromatic heterocycles. The van der Waals surface area contributed by atoms with Gasteiger partial charge in [-0.2, -0.15) is 0 Å². The van der Waals surface area contributed by atoms with E-state index in [0.29, 0.717) is 12.1 Å². The lowest BCUT2D eigenvalue weighted by molar-refractivity contribution is 0.0578. The molecule has 1 heterocycles. The third kappa shape index (κ3) is 3.13. The van der Waals surface area contributed by atoms with E-state index in [-0.39, 0.29) is 6.09 Å². The molecule has 0 saturated carbocycles. The summed E-state index contributed by atoms with van der Waals surface area (Å²) in [7, 11) is 0. The molecule has 1 aromatic rings. The lowest BCUT2D eigenvalue weighted by Crippen LogP contribution is -2.39. The van der Waals surface area contributed by atoms with E-state index >= 15 is 0 Å². The molecule has 4 nitrogen and oxygen atoms in total. The third-order valence-electron chi connectivity index (χ3n) is 2.97. The summed E-state index contributed by atoms with van der Waals surface area (Å²) in [6.07, 6.45) is 2.27. The van der Waals surface area contributed by atoms with Crippen molar-refractivity contribution in [1.29, 1.82) is 0 Å². The zero-order valence-electron chi connectivity index (χ0n) is 11.6. The number of carbonyl (C=O) groups is 2. The monoisotopic (exact) mass is 261 g/mol. The van der Waals surface area contributed by atoms with Crippen molar-refractivity contribution in [2.75, 3.05) is 11.4 Å². The SMILES string of the molecule is CC(C)(C)OC(=O)N1CCCc2cc(C=O)ccc21. The molecule has 0 spiro atoms. The Labute approximate surface area is 113 Å². The van der Waals surface area contributed by atoms with Crippen molar-refractivity contribution in [2.45, 2.75) is 39.2 Å². The van der Waals surface area contributed by atoms with Gasteiger partial charge in [0.05, 0.1) is 5.69 Å². The van der Waals surface area contributed by atoms with Crippen LogP contribution in [0.25, 0.3) is 0 Å². The minimum atomic E-state index is -0.503. The summed E-state index contributed by atoms with van der Waals surface area (Å²) in [5, 5.41) is 0. The number of hydrogen-bond acceptors (Lipinski definition) is 3. The van der Waals surface area contributed by atoms with Crippen molar-refractivity contribution < 1.29 is 14.3 Å². The van der Waals surface area contributed by atoms with Gasteiger partial charge in [-0.1, -0.05) is 0 Å². The Morgan fingerprint density at radius 1 is 1.37 bits per heavy atom. The second-order valence-corrected chi connectivity index (χ2v) is 5.74. The first-order chi connectivity index (χ1) is 8.90. The second-order valence-electron chi connectivity index (χ2n) is 5.74. The van der Waals surface area contributed by atoms with Crippen LogP contribution in [0.4, 0.5) is 10.5 Å². The number of amides is 1. The van der Waals surface area contributed by atoms with Gasteiger partial charge in [0.1, 0.15) is 11.9 Å². The second kappa shape index (κ2) is 5.03. The molecule has 0 bridgehead atoms. The average Bonchev–Trinajstić information content (AvgIpc) is 2.35. The van der Waals surface area contributed by atoms with Crippen molar-refractivity contribution in [1.82, 2.24) is 0 Å². The Morgan fingerprint density at radius 3 is 2.74 bits per heavy atom. The molecular weight excluding hydrogens is 242 g/mol. The zero-order chi connectivity index (χ0) is 14.0. The molecule has 1 aromatic carbocycles. The summed E-state index contributed by atoms with van der Waals surface area (Å²) in [5.74, 6) is 0. The fraction of sp³-hybridized carbons (Fsp3) is 0.467. The van der Waals surface area contributed by atoms with Gasteiger partial charge in [-0.25, -0.2) is 4.79 Å². The van der Waals surface area contributed by atoms with Crippen LogP contribution in [0.1, 0.15) is 43.1 Å². The summed E-state index contributed by atoms with van der Waals surface area (Å²) < 4.78 is 5.41. The van der Waals surface area contributed by atoms with Gasteiger partial charge in [-0.15, -0.1) is 0 Å². The van der Waals surface area contributed by atoms with Crippen LogP contribution in [-0.2, 0) is 11.2 Å². The molecule has 0 aliphatic carbocycles. The van der Waals surface area contributed by atoms with E-state index in [2.05, 4.69) is 0 Å². The number of fused-ring (bicyclic) bond motifs is 1. The molecule has 102 valence electrons. The molecule has 1 amide bonds. The van der Waals surface area contributed by atoms with Gasteiger partial charge in [0.25, 0.3) is 0 Å². The lowest BCUT2D eigenvalue weighted by Gasteiger charge is -2.31. The maximum atomic E-state index is 12.2. The minimum absolute atomic E-state index is 0.327. The molecule has 0 atom stereocenters. The van der Waals surface area contributed by atoms with Gasteiger partial charge in [0, 0.05) is 12.1 Å². The summed E-state index contributed by atoms with van der Waals surface area (Å²) in [5.41, 5.74) is 2.02. The summed E-state index contributed by atoms with van der Waals surface area (Å²) >= 11 is 0. The van der Waals surface area contributed by atoms with Gasteiger partial charge in [-0.3, -0.25) is 9.69 Å². The van der Waals surface area contributed by atoms with Crippen LogP contribution in [0.15, 0.2) is 18.2 Å². The molecule has 0 N–H and O–H groups in total. The molecule has 2 rings (SSSR count). The largest absolute Gasteiger partial charge is 0.443 e. The van der Waals surface area contributed by atoms with E-state index in [1.807, 2.05) is 32.9 Å². The number of rotatable bonds is 1. The topological polar surface area (TPSA) is 46.6 Å². The standard InChI is InChI=1S/C15H19NO3/c1-15(2,3)19-14(18)16-8-4-5-12-9-11(10-17)6-7-13(12)16/h6-7,9-10H,4-5,8H2,1-3H3. The highest BCUT2D eigenvalue weighted by atomic mass is 16.6. The molecule has 19 heavy (non-hydrogen) atoms. The normalized spacial score (nSPS) is 14.8. The van der Waals surface area contributed by atoms with Gasteiger partial charge < -0.3 is 4.74 Å². The Bertz CT molecular complexity index is 503. The Balaban J connectivity index is 2.27. The highest BCUT2D eigenvalue weighted by Crippen LogP contribution is 2.29. The number of aldehydes is 1. The van der Waals surface area contributed by atoms with Gasteiger partial charge >= 0.3 is 6.09 Å². The predicted molar refractivity (Wildman–Crippen MR) is 73.7 cm³/mol. The molecule has 4 heteroatoms. The maximum Gasteiger partial charge on any atom is 0.414 e. The predicted octanol–water partition coefficient (Wildman–Crippen LogP) is 3.19. The van der Waals surface area contributed by atoms with Crippen LogP contribution in [0.5, 0.6) is 0 Å². The quantitative estimate of drug-likeness (QED) is 0.729. The number of benzene rings is 1. The van der Waals surface area contributed by atoms with Crippen LogP contribution in [0.3, 0.4) is 0 Å². The van der Waals surface area contributed by atoms with Crippen LogP contribution in [0, 0.1) is 0 Å². The summed E-state index contributed by atoms with van der Waals surface area (Å²) in [4.78, 5) is 24.6. The van der Waals surface area contributed by atoms with Crippen LogP contribution < -0.4 is 4.90 Å². The summed E-state index contributed by atoms with van der Waals surface area (Å²) in [6.45, 7) is 6.21. The number of aryl methyl sites for hydroxylation is 1. The number of carbonyl (C=O) groups excluding carboxylic acids is 2. The molecule has 0 fully saturated rings. The van der Waals surface area contributed by atoms with Crippen molar-refractivity contribution in [2.24, 2.45) is 0 Å². The first kappa shape index (κ1) is 13.6. The smallest absolute Gasteiger partial charge is 0.414 e. The molecule has 0 radical (unpaired) electrons. The third-order valence-corrected chi connectivity index (χ3v) is 2.97. The van der Waals surface area contributed by atoms with E-state index in [9.17, 15) is 9.59 Å². The van der Waals surface area contributed by atoms with E-state index in [1.165, 1.54) is 0 Å². The van der Waals surface area contributed by atoms with Gasteiger partial charge in [0.15, 0.2) is 0 Å². The minimum Gasteiger partial charge on any atom is -0.443 e. The van der Waals surface area contributed by atoms with Crippen LogP contribution >= 0.6 is 0 Å². The average molecular weight is 261 g/mol. The Morgan fingerprint density at radius 2 is 2.11 bits per heavy atom. The highest BCUT2D eigenvalue weighted by molar-refractivity contribution is 5.90. The highest BCUT2D eigenvalue weighted by Gasteiger charge is 2.27. The van der Waals surface area contributed by atoms with Crippen molar-refractivity contribution in [3.8, 4) is 0 Å². The van der Waals surface area contributed by atoms with E-state index < -0.39 is 5.60 Å². The Kier molecular flexibility index (Phi) is 3.60. The first-order valence-electron chi connectivity index (χ1n) is 6.49. The lowest BCUT2D eigenvalue weighted by atomic mass is 10.00. The van der Waals surface area contributed by atoms with Crippen LogP contribution in [-0.4, -0.2) is 24.5 Å². The number of hydrogen-bond donors (Lipinski definition) is 0. The molecule has 1 aliphatic rings.